The van der Waals surface area contributed by atoms with E-state index in [1.54, 1.807) is 18.2 Å². The van der Waals surface area contributed by atoms with Crippen LogP contribution in [0.1, 0.15) is 30.1 Å². The normalized spacial score (nSPS) is 16.6. The number of halogens is 2. The maximum atomic E-state index is 14.7. The molecule has 29 heavy (non-hydrogen) atoms. The third-order valence-electron chi connectivity index (χ3n) is 5.06. The molecule has 1 N–H and O–H groups in total. The highest BCUT2D eigenvalue weighted by Gasteiger charge is 2.36. The van der Waals surface area contributed by atoms with Gasteiger partial charge in [-0.3, -0.25) is 4.18 Å². The molecule has 1 aliphatic rings. The second kappa shape index (κ2) is 8.81. The van der Waals surface area contributed by atoms with Gasteiger partial charge in [0.15, 0.2) is 0 Å². The smallest absolute Gasteiger partial charge is 0.407 e. The van der Waals surface area contributed by atoms with Crippen LogP contribution < -0.4 is 0 Å². The molecule has 1 atom stereocenters. The first-order valence-corrected chi connectivity index (χ1v) is 11.3. The van der Waals surface area contributed by atoms with Gasteiger partial charge in [0.1, 0.15) is 11.9 Å². The van der Waals surface area contributed by atoms with E-state index in [4.69, 9.17) is 9.29 Å². The Morgan fingerprint density at radius 1 is 1.21 bits per heavy atom. The van der Waals surface area contributed by atoms with Crippen LogP contribution >= 0.6 is 15.9 Å². The van der Waals surface area contributed by atoms with Crippen LogP contribution in [0.25, 0.3) is 0 Å². The van der Waals surface area contributed by atoms with Crippen LogP contribution in [-0.4, -0.2) is 37.6 Å². The van der Waals surface area contributed by atoms with Gasteiger partial charge in [0.25, 0.3) is 10.1 Å². The molecular formula is C20H21BrFNO5S. The van der Waals surface area contributed by atoms with Gasteiger partial charge in [0.2, 0.25) is 0 Å². The summed E-state index contributed by atoms with van der Waals surface area (Å²) in [6.45, 7) is 2.31. The van der Waals surface area contributed by atoms with Crippen molar-refractivity contribution in [1.29, 1.82) is 0 Å². The molecule has 9 heteroatoms. The van der Waals surface area contributed by atoms with E-state index >= 15 is 0 Å². The molecule has 1 saturated heterocycles. The molecule has 6 nitrogen and oxygen atoms in total. The minimum Gasteiger partial charge on any atom is -0.465 e. The Kier molecular flexibility index (Phi) is 6.60. The third-order valence-corrected chi connectivity index (χ3v) is 7.06. The first-order chi connectivity index (χ1) is 13.7. The van der Waals surface area contributed by atoms with Gasteiger partial charge in [-0.05, 0) is 49.9 Å². The second-order valence-electron chi connectivity index (χ2n) is 7.03. The first kappa shape index (κ1) is 21.7. The standard InChI is InChI=1S/C20H21BrFNO5S/c1-13-5-7-15(8-6-13)29(26,27)28-19(18-16(21)3-2-4-17(18)22)14-9-11-23(12-10-14)20(24)25/h2-8,14,19H,9-12H2,1H3,(H,24,25). The molecule has 156 valence electrons. The number of piperidine rings is 1. The summed E-state index contributed by atoms with van der Waals surface area (Å²) in [4.78, 5) is 12.4. The number of amides is 1. The molecule has 0 aliphatic carbocycles. The van der Waals surface area contributed by atoms with Crippen LogP contribution in [0, 0.1) is 18.7 Å². The maximum Gasteiger partial charge on any atom is 0.407 e. The molecule has 1 amide bonds. The number of carbonyl (C=O) groups is 1. The van der Waals surface area contributed by atoms with E-state index in [-0.39, 0.29) is 29.5 Å². The highest BCUT2D eigenvalue weighted by molar-refractivity contribution is 9.10. The summed E-state index contributed by atoms with van der Waals surface area (Å²) in [6.07, 6.45) is -1.38. The van der Waals surface area contributed by atoms with Crippen molar-refractivity contribution in [2.24, 2.45) is 5.92 Å². The summed E-state index contributed by atoms with van der Waals surface area (Å²) in [7, 11) is -4.15. The molecule has 1 fully saturated rings. The Morgan fingerprint density at radius 2 is 1.83 bits per heavy atom. The minimum atomic E-state index is -4.15. The summed E-state index contributed by atoms with van der Waals surface area (Å²) in [5.41, 5.74) is 1.02. The minimum absolute atomic E-state index is 0.0106. The van der Waals surface area contributed by atoms with Gasteiger partial charge in [0, 0.05) is 23.1 Å². The van der Waals surface area contributed by atoms with Crippen LogP contribution in [0.4, 0.5) is 9.18 Å². The van der Waals surface area contributed by atoms with Crippen molar-refractivity contribution in [3.05, 3.63) is 63.9 Å². The topological polar surface area (TPSA) is 83.9 Å². The largest absolute Gasteiger partial charge is 0.465 e. The average Bonchev–Trinajstić information content (AvgIpc) is 2.67. The number of carboxylic acid groups (broad SMARTS) is 1. The van der Waals surface area contributed by atoms with E-state index in [1.807, 2.05) is 6.92 Å². The van der Waals surface area contributed by atoms with Crippen LogP contribution in [0.15, 0.2) is 51.8 Å². The number of hydrogen-bond donors (Lipinski definition) is 1. The number of rotatable bonds is 5. The van der Waals surface area contributed by atoms with Crippen LogP contribution in [0.2, 0.25) is 0 Å². The molecule has 0 bridgehead atoms. The van der Waals surface area contributed by atoms with Crippen LogP contribution in [0.3, 0.4) is 0 Å². The number of nitrogens with zero attached hydrogens (tertiary/aromatic N) is 1. The lowest BCUT2D eigenvalue weighted by molar-refractivity contribution is 0.0736. The highest BCUT2D eigenvalue weighted by atomic mass is 79.9. The van der Waals surface area contributed by atoms with Gasteiger partial charge in [-0.25, -0.2) is 9.18 Å². The lowest BCUT2D eigenvalue weighted by Crippen LogP contribution is -2.39. The molecule has 0 spiro atoms. The van der Waals surface area contributed by atoms with E-state index in [2.05, 4.69) is 15.9 Å². The van der Waals surface area contributed by atoms with Gasteiger partial charge in [-0.2, -0.15) is 8.42 Å². The summed E-state index contributed by atoms with van der Waals surface area (Å²) >= 11 is 3.30. The number of likely N-dealkylation sites (tertiary alicyclic amines) is 1. The molecule has 2 aromatic rings. The summed E-state index contributed by atoms with van der Waals surface area (Å²) in [6, 6.07) is 10.6. The van der Waals surface area contributed by atoms with Crippen molar-refractivity contribution in [3.8, 4) is 0 Å². The average molecular weight is 486 g/mol. The fourth-order valence-electron chi connectivity index (χ4n) is 3.44. The molecule has 0 radical (unpaired) electrons. The van der Waals surface area contributed by atoms with Crippen molar-refractivity contribution in [1.82, 2.24) is 4.90 Å². The zero-order valence-electron chi connectivity index (χ0n) is 15.7. The van der Waals surface area contributed by atoms with E-state index in [0.717, 1.165) is 5.56 Å². The Balaban J connectivity index is 1.95. The molecule has 1 aliphatic heterocycles. The quantitative estimate of drug-likeness (QED) is 0.618. The number of aryl methyl sites for hydroxylation is 1. The predicted octanol–water partition coefficient (Wildman–Crippen LogP) is 4.73. The summed E-state index contributed by atoms with van der Waals surface area (Å²) in [5.74, 6) is -0.942. The molecule has 0 aromatic heterocycles. The van der Waals surface area contributed by atoms with E-state index in [1.165, 1.54) is 29.2 Å². The maximum absolute atomic E-state index is 14.7. The summed E-state index contributed by atoms with van der Waals surface area (Å²) in [5, 5.41) is 9.16. The van der Waals surface area contributed by atoms with E-state index in [9.17, 15) is 17.6 Å². The van der Waals surface area contributed by atoms with Crippen molar-refractivity contribution in [3.63, 3.8) is 0 Å². The lowest BCUT2D eigenvalue weighted by atomic mass is 9.87. The zero-order valence-corrected chi connectivity index (χ0v) is 18.1. The van der Waals surface area contributed by atoms with Crippen LogP contribution in [0.5, 0.6) is 0 Å². The monoisotopic (exact) mass is 485 g/mol. The Morgan fingerprint density at radius 3 is 2.38 bits per heavy atom. The van der Waals surface area contributed by atoms with Gasteiger partial charge in [-0.1, -0.05) is 39.7 Å². The summed E-state index contributed by atoms with van der Waals surface area (Å²) < 4.78 is 46.5. The zero-order chi connectivity index (χ0) is 21.2. The van der Waals surface area contributed by atoms with E-state index in [0.29, 0.717) is 17.3 Å². The fourth-order valence-corrected chi connectivity index (χ4v) is 5.11. The van der Waals surface area contributed by atoms with Gasteiger partial charge >= 0.3 is 6.09 Å². The second-order valence-corrected chi connectivity index (χ2v) is 9.45. The molecule has 1 heterocycles. The van der Waals surface area contributed by atoms with Gasteiger partial charge in [-0.15, -0.1) is 0 Å². The van der Waals surface area contributed by atoms with Crippen molar-refractivity contribution in [2.45, 2.75) is 30.8 Å². The predicted molar refractivity (Wildman–Crippen MR) is 109 cm³/mol. The van der Waals surface area contributed by atoms with Gasteiger partial charge in [0.05, 0.1) is 4.90 Å². The molecule has 2 aromatic carbocycles. The lowest BCUT2D eigenvalue weighted by Gasteiger charge is -2.34. The molecular weight excluding hydrogens is 465 g/mol. The fraction of sp³-hybridized carbons (Fsp3) is 0.350. The molecule has 1 unspecified atom stereocenters. The highest BCUT2D eigenvalue weighted by Crippen LogP contribution is 2.40. The SMILES string of the molecule is Cc1ccc(S(=O)(=O)OC(c2c(F)cccc2Br)C2CCN(C(=O)O)CC2)cc1. The number of hydrogen-bond acceptors (Lipinski definition) is 4. The van der Waals surface area contributed by atoms with E-state index < -0.39 is 28.1 Å². The third kappa shape index (κ3) is 4.96. The Bertz CT molecular complexity index is 968. The Hall–Kier alpha value is -1.97. The molecule has 0 saturated carbocycles. The van der Waals surface area contributed by atoms with Crippen molar-refractivity contribution >= 4 is 32.1 Å². The van der Waals surface area contributed by atoms with Crippen LogP contribution in [-0.2, 0) is 14.3 Å². The van der Waals surface area contributed by atoms with Crippen molar-refractivity contribution in [2.75, 3.05) is 13.1 Å². The number of benzene rings is 2. The Labute approximate surface area is 177 Å². The van der Waals surface area contributed by atoms with Crippen molar-refractivity contribution < 1.29 is 26.9 Å². The van der Waals surface area contributed by atoms with Gasteiger partial charge < -0.3 is 10.0 Å². The molecule has 3 rings (SSSR count). The first-order valence-electron chi connectivity index (χ1n) is 9.11.